The quantitative estimate of drug-likeness (QED) is 0.822. The highest BCUT2D eigenvalue weighted by Crippen LogP contribution is 2.28. The molecule has 1 fully saturated rings. The molecule has 1 N–H and O–H groups in total. The molecule has 0 amide bonds. The van der Waals surface area contributed by atoms with Crippen molar-refractivity contribution < 1.29 is 4.42 Å². The van der Waals surface area contributed by atoms with Crippen molar-refractivity contribution in [3.8, 4) is 0 Å². The Kier molecular flexibility index (Phi) is 5.67. The molecule has 0 aliphatic carbocycles. The lowest BCUT2D eigenvalue weighted by molar-refractivity contribution is 0.174. The van der Waals surface area contributed by atoms with Gasteiger partial charge >= 0.3 is 0 Å². The lowest BCUT2D eigenvalue weighted by atomic mass is 10.1. The fourth-order valence-electron chi connectivity index (χ4n) is 3.17. The smallest absolute Gasteiger partial charge is 0.122 e. The first-order valence-corrected chi connectivity index (χ1v) is 8.13. The Morgan fingerprint density at radius 2 is 2.20 bits per heavy atom. The van der Waals surface area contributed by atoms with E-state index in [1.165, 1.54) is 24.8 Å². The predicted molar refractivity (Wildman–Crippen MR) is 83.6 cm³/mol. The largest absolute Gasteiger partial charge is 0.468 e. The second kappa shape index (κ2) is 7.28. The van der Waals surface area contributed by atoms with E-state index >= 15 is 0 Å². The molecule has 0 radical (unpaired) electrons. The van der Waals surface area contributed by atoms with E-state index in [1.807, 2.05) is 6.26 Å². The van der Waals surface area contributed by atoms with Crippen LogP contribution in [0.4, 0.5) is 0 Å². The highest BCUT2D eigenvalue weighted by atomic mass is 16.3. The Hall–Kier alpha value is -0.800. The first-order valence-electron chi connectivity index (χ1n) is 8.13. The average Bonchev–Trinajstić information content (AvgIpc) is 2.98. The molecule has 114 valence electrons. The number of furan rings is 1. The summed E-state index contributed by atoms with van der Waals surface area (Å²) in [5, 5.41) is 3.51. The van der Waals surface area contributed by atoms with Gasteiger partial charge < -0.3 is 9.73 Å². The number of likely N-dealkylation sites (tertiary alicyclic amines) is 1. The minimum absolute atomic E-state index is 0.682. The summed E-state index contributed by atoms with van der Waals surface area (Å²) in [5.74, 6) is 1.84. The molecule has 0 bridgehead atoms. The first-order chi connectivity index (χ1) is 9.61. The maximum Gasteiger partial charge on any atom is 0.122 e. The van der Waals surface area contributed by atoms with Crippen molar-refractivity contribution >= 4 is 0 Å². The fraction of sp³-hybridized carbons (Fsp3) is 0.765. The number of nitrogens with zero attached hydrogens (tertiary/aromatic N) is 1. The minimum Gasteiger partial charge on any atom is -0.468 e. The maximum absolute atomic E-state index is 5.74. The molecule has 2 atom stereocenters. The summed E-state index contributed by atoms with van der Waals surface area (Å²) in [6, 6.07) is 3.53. The van der Waals surface area contributed by atoms with Crippen molar-refractivity contribution in [2.24, 2.45) is 5.92 Å². The van der Waals surface area contributed by atoms with Gasteiger partial charge in [-0.15, -0.1) is 0 Å². The van der Waals surface area contributed by atoms with Crippen LogP contribution in [0, 0.1) is 5.92 Å². The zero-order valence-electron chi connectivity index (χ0n) is 13.5. The van der Waals surface area contributed by atoms with Gasteiger partial charge in [0.1, 0.15) is 5.76 Å². The normalized spacial score (nSPS) is 23.9. The van der Waals surface area contributed by atoms with Crippen LogP contribution in [0.1, 0.15) is 58.3 Å². The van der Waals surface area contributed by atoms with Crippen molar-refractivity contribution in [2.45, 2.75) is 72.1 Å². The van der Waals surface area contributed by atoms with Gasteiger partial charge in [-0.25, -0.2) is 0 Å². The Labute approximate surface area is 123 Å². The van der Waals surface area contributed by atoms with E-state index in [0.717, 1.165) is 31.4 Å². The highest BCUT2D eigenvalue weighted by molar-refractivity contribution is 5.17. The second-order valence-corrected chi connectivity index (χ2v) is 6.55. The van der Waals surface area contributed by atoms with E-state index in [0.29, 0.717) is 12.0 Å². The van der Waals surface area contributed by atoms with E-state index in [-0.39, 0.29) is 0 Å². The van der Waals surface area contributed by atoms with Gasteiger partial charge in [0.2, 0.25) is 0 Å². The highest BCUT2D eigenvalue weighted by Gasteiger charge is 2.30. The van der Waals surface area contributed by atoms with Crippen LogP contribution in [-0.2, 0) is 13.1 Å². The topological polar surface area (TPSA) is 28.4 Å². The van der Waals surface area contributed by atoms with Gasteiger partial charge in [-0.3, -0.25) is 4.90 Å². The molecule has 2 rings (SSSR count). The van der Waals surface area contributed by atoms with Crippen LogP contribution >= 0.6 is 0 Å². The third kappa shape index (κ3) is 3.86. The zero-order valence-corrected chi connectivity index (χ0v) is 13.5. The number of nitrogens with one attached hydrogen (secondary N) is 1. The molecular formula is C17H30N2O. The fourth-order valence-corrected chi connectivity index (χ4v) is 3.17. The van der Waals surface area contributed by atoms with Gasteiger partial charge in [-0.05, 0) is 44.7 Å². The van der Waals surface area contributed by atoms with Crippen LogP contribution in [0.3, 0.4) is 0 Å². The van der Waals surface area contributed by atoms with E-state index < -0.39 is 0 Å². The van der Waals surface area contributed by atoms with Crippen molar-refractivity contribution in [1.29, 1.82) is 0 Å². The lowest BCUT2D eigenvalue weighted by Crippen LogP contribution is -2.33. The lowest BCUT2D eigenvalue weighted by Gasteiger charge is -2.27. The molecular weight excluding hydrogens is 248 g/mol. The third-order valence-electron chi connectivity index (χ3n) is 4.46. The average molecular weight is 278 g/mol. The molecule has 2 unspecified atom stereocenters. The predicted octanol–water partition coefficient (Wildman–Crippen LogP) is 3.79. The zero-order chi connectivity index (χ0) is 14.5. The summed E-state index contributed by atoms with van der Waals surface area (Å²) in [5.41, 5.74) is 1.32. The molecule has 1 aliphatic heterocycles. The van der Waals surface area contributed by atoms with Crippen LogP contribution in [-0.4, -0.2) is 23.5 Å². The van der Waals surface area contributed by atoms with Crippen LogP contribution in [0.15, 0.2) is 16.7 Å². The summed E-state index contributed by atoms with van der Waals surface area (Å²) in [4.78, 5) is 2.62. The molecule has 1 aromatic heterocycles. The Balaban J connectivity index is 1.94. The van der Waals surface area contributed by atoms with Crippen molar-refractivity contribution in [3.05, 3.63) is 23.7 Å². The number of hydrogen-bond acceptors (Lipinski definition) is 3. The van der Waals surface area contributed by atoms with Crippen LogP contribution in [0.25, 0.3) is 0 Å². The van der Waals surface area contributed by atoms with Crippen LogP contribution in [0.5, 0.6) is 0 Å². The molecule has 0 saturated carbocycles. The van der Waals surface area contributed by atoms with Gasteiger partial charge in [0, 0.05) is 24.2 Å². The number of rotatable bonds is 7. The molecule has 3 nitrogen and oxygen atoms in total. The monoisotopic (exact) mass is 278 g/mol. The summed E-state index contributed by atoms with van der Waals surface area (Å²) >= 11 is 0. The summed E-state index contributed by atoms with van der Waals surface area (Å²) < 4.78 is 5.74. The molecule has 1 aliphatic rings. The summed E-state index contributed by atoms with van der Waals surface area (Å²) in [6.07, 6.45) is 5.73. The van der Waals surface area contributed by atoms with E-state index in [1.54, 1.807) is 0 Å². The Bertz CT molecular complexity index is 399. The van der Waals surface area contributed by atoms with Gasteiger partial charge in [-0.2, -0.15) is 0 Å². The van der Waals surface area contributed by atoms with E-state index in [2.05, 4.69) is 44.0 Å². The molecule has 1 saturated heterocycles. The Morgan fingerprint density at radius 1 is 1.40 bits per heavy atom. The SMILES string of the molecule is CCC1CCC(C)N1Cc1occc1CNCC(C)C. The van der Waals surface area contributed by atoms with Gasteiger partial charge in [0.05, 0.1) is 12.8 Å². The molecule has 0 aromatic carbocycles. The Morgan fingerprint density at radius 3 is 2.90 bits per heavy atom. The van der Waals surface area contributed by atoms with Crippen LogP contribution < -0.4 is 5.32 Å². The summed E-state index contributed by atoms with van der Waals surface area (Å²) in [6.45, 7) is 12.1. The van der Waals surface area contributed by atoms with Crippen molar-refractivity contribution in [3.63, 3.8) is 0 Å². The standard InChI is InChI=1S/C17H30N2O/c1-5-16-7-6-14(4)19(16)12-17-15(8-9-20-17)11-18-10-13(2)3/h8-9,13-14,16,18H,5-7,10-12H2,1-4H3. The molecule has 1 aromatic rings. The second-order valence-electron chi connectivity index (χ2n) is 6.55. The van der Waals surface area contributed by atoms with Gasteiger partial charge in [0.15, 0.2) is 0 Å². The maximum atomic E-state index is 5.74. The van der Waals surface area contributed by atoms with E-state index in [4.69, 9.17) is 4.42 Å². The van der Waals surface area contributed by atoms with Crippen molar-refractivity contribution in [1.82, 2.24) is 10.2 Å². The van der Waals surface area contributed by atoms with Crippen LogP contribution in [0.2, 0.25) is 0 Å². The molecule has 0 spiro atoms. The summed E-state index contributed by atoms with van der Waals surface area (Å²) in [7, 11) is 0. The van der Waals surface area contributed by atoms with Crippen molar-refractivity contribution in [2.75, 3.05) is 6.54 Å². The molecule has 2 heterocycles. The third-order valence-corrected chi connectivity index (χ3v) is 4.46. The van der Waals surface area contributed by atoms with E-state index in [9.17, 15) is 0 Å². The van der Waals surface area contributed by atoms with Gasteiger partial charge in [0.25, 0.3) is 0 Å². The number of hydrogen-bond donors (Lipinski definition) is 1. The minimum atomic E-state index is 0.682. The van der Waals surface area contributed by atoms with Gasteiger partial charge in [-0.1, -0.05) is 20.8 Å². The molecule has 20 heavy (non-hydrogen) atoms. The molecule has 3 heteroatoms. The first kappa shape index (κ1) is 15.6.